The van der Waals surface area contributed by atoms with Gasteiger partial charge in [-0.3, -0.25) is 19.6 Å². The molecule has 0 fully saturated rings. The van der Waals surface area contributed by atoms with Crippen LogP contribution in [-0.4, -0.2) is 31.9 Å². The average Bonchev–Trinajstić information content (AvgIpc) is 3.16. The number of nitrogens with one attached hydrogen (secondary N) is 2. The molecule has 3 rings (SSSR count). The lowest BCUT2D eigenvalue weighted by Gasteiger charge is -2.11. The average molecular weight is 478 g/mol. The van der Waals surface area contributed by atoms with Crippen LogP contribution >= 0.6 is 11.3 Å². The van der Waals surface area contributed by atoms with Crippen LogP contribution in [0.25, 0.3) is 0 Å². The number of amides is 1. The highest BCUT2D eigenvalue weighted by Crippen LogP contribution is 2.22. The summed E-state index contributed by atoms with van der Waals surface area (Å²) in [5.41, 5.74) is 1.36. The molecule has 2 N–H and O–H groups in total. The number of aromatic nitrogens is 1. The summed E-state index contributed by atoms with van der Waals surface area (Å²) in [5.74, 6) is -1.45. The number of thiazole rings is 1. The molecule has 0 atom stereocenters. The molecule has 2 aromatic carbocycles. The molecule has 0 radical (unpaired) electrons. The molecule has 1 heterocycles. The standard InChI is InChI=1S/C21H20FN3O5S2/c1-3-30-19(26)10-16-12-31-21(23-16)24-20(27)18-11-17(9-4-13(18)2)32(28,29)25-15-7-5-14(22)6-8-15/h4-9,11-12,25H,3,10H2,1-2H3,(H,23,24,27). The topological polar surface area (TPSA) is 114 Å². The van der Waals surface area contributed by atoms with Gasteiger partial charge in [0.25, 0.3) is 15.9 Å². The molecule has 1 aromatic heterocycles. The van der Waals surface area contributed by atoms with Gasteiger partial charge in [-0.05, 0) is 55.8 Å². The van der Waals surface area contributed by atoms with Crippen LogP contribution in [0.2, 0.25) is 0 Å². The van der Waals surface area contributed by atoms with E-state index in [2.05, 4.69) is 15.0 Å². The number of carbonyl (C=O) groups excluding carboxylic acids is 2. The van der Waals surface area contributed by atoms with Gasteiger partial charge in [-0.2, -0.15) is 0 Å². The van der Waals surface area contributed by atoms with E-state index in [1.807, 2.05) is 0 Å². The summed E-state index contributed by atoms with van der Waals surface area (Å²) >= 11 is 1.14. The number of hydrogen-bond donors (Lipinski definition) is 2. The number of sulfonamides is 1. The van der Waals surface area contributed by atoms with Gasteiger partial charge in [-0.15, -0.1) is 11.3 Å². The third-order valence-corrected chi connectivity index (χ3v) is 6.45. The van der Waals surface area contributed by atoms with Crippen molar-refractivity contribution in [2.75, 3.05) is 16.6 Å². The van der Waals surface area contributed by atoms with Crippen LogP contribution in [0.3, 0.4) is 0 Å². The van der Waals surface area contributed by atoms with Crippen LogP contribution < -0.4 is 10.0 Å². The van der Waals surface area contributed by atoms with Crippen LogP contribution in [0.15, 0.2) is 52.7 Å². The first kappa shape index (κ1) is 23.4. The Morgan fingerprint density at radius 1 is 1.16 bits per heavy atom. The minimum atomic E-state index is -4.00. The number of rotatable bonds is 8. The van der Waals surface area contributed by atoms with Crippen molar-refractivity contribution in [1.82, 2.24) is 4.98 Å². The number of halogens is 1. The summed E-state index contributed by atoms with van der Waals surface area (Å²) in [5, 5.41) is 4.52. The van der Waals surface area contributed by atoms with Crippen LogP contribution in [0, 0.1) is 12.7 Å². The predicted octanol–water partition coefficient (Wildman–Crippen LogP) is 3.75. The summed E-state index contributed by atoms with van der Waals surface area (Å²) in [6.07, 6.45) is -0.0119. The lowest BCUT2D eigenvalue weighted by atomic mass is 10.1. The van der Waals surface area contributed by atoms with Gasteiger partial charge in [0.05, 0.1) is 23.6 Å². The van der Waals surface area contributed by atoms with E-state index in [1.54, 1.807) is 19.2 Å². The lowest BCUT2D eigenvalue weighted by molar-refractivity contribution is -0.142. The third-order valence-electron chi connectivity index (χ3n) is 4.26. The normalized spacial score (nSPS) is 11.1. The smallest absolute Gasteiger partial charge is 0.311 e. The zero-order chi connectivity index (χ0) is 23.3. The van der Waals surface area contributed by atoms with Gasteiger partial charge in [-0.1, -0.05) is 6.07 Å². The molecule has 0 unspecified atom stereocenters. The van der Waals surface area contributed by atoms with Gasteiger partial charge in [-0.25, -0.2) is 17.8 Å². The number of esters is 1. The SMILES string of the molecule is CCOC(=O)Cc1csc(NC(=O)c2cc(S(=O)(=O)Nc3ccc(F)cc3)ccc2C)n1. The molecule has 8 nitrogen and oxygen atoms in total. The maximum absolute atomic E-state index is 13.1. The predicted molar refractivity (Wildman–Crippen MR) is 119 cm³/mol. The summed E-state index contributed by atoms with van der Waals surface area (Å²) in [6.45, 7) is 3.64. The first-order chi connectivity index (χ1) is 15.2. The zero-order valence-electron chi connectivity index (χ0n) is 17.2. The first-order valence-corrected chi connectivity index (χ1v) is 11.8. The van der Waals surface area contributed by atoms with Crippen LogP contribution in [-0.2, 0) is 26.0 Å². The van der Waals surface area contributed by atoms with Gasteiger partial charge in [0, 0.05) is 16.6 Å². The van der Waals surface area contributed by atoms with E-state index in [0.29, 0.717) is 11.3 Å². The Morgan fingerprint density at radius 3 is 2.56 bits per heavy atom. The quantitative estimate of drug-likeness (QED) is 0.478. The fraction of sp³-hybridized carbons (Fsp3) is 0.190. The first-order valence-electron chi connectivity index (χ1n) is 9.48. The Hall–Kier alpha value is -3.31. The second-order valence-corrected chi connectivity index (χ2v) is 9.21. The monoisotopic (exact) mass is 477 g/mol. The molecule has 3 aromatic rings. The van der Waals surface area contributed by atoms with E-state index in [0.717, 1.165) is 23.5 Å². The molecular formula is C21H20FN3O5S2. The molecular weight excluding hydrogens is 457 g/mol. The maximum Gasteiger partial charge on any atom is 0.311 e. The largest absolute Gasteiger partial charge is 0.466 e. The highest BCUT2D eigenvalue weighted by molar-refractivity contribution is 7.92. The second-order valence-electron chi connectivity index (χ2n) is 6.67. The Kier molecular flexibility index (Phi) is 7.21. The number of hydrogen-bond acceptors (Lipinski definition) is 7. The summed E-state index contributed by atoms with van der Waals surface area (Å²) in [6, 6.07) is 9.01. The number of aryl methyl sites for hydroxylation is 1. The van der Waals surface area contributed by atoms with Crippen molar-refractivity contribution in [1.29, 1.82) is 0 Å². The number of carbonyl (C=O) groups is 2. The molecule has 0 saturated heterocycles. The molecule has 0 aliphatic carbocycles. The summed E-state index contributed by atoms with van der Waals surface area (Å²) < 4.78 is 45.7. The minimum Gasteiger partial charge on any atom is -0.466 e. The van der Waals surface area contributed by atoms with E-state index in [4.69, 9.17) is 4.74 Å². The minimum absolute atomic E-state index is 0.0119. The van der Waals surface area contributed by atoms with Crippen molar-refractivity contribution in [2.45, 2.75) is 25.2 Å². The van der Waals surface area contributed by atoms with Gasteiger partial charge < -0.3 is 4.74 Å². The maximum atomic E-state index is 13.1. The van der Waals surface area contributed by atoms with E-state index >= 15 is 0 Å². The van der Waals surface area contributed by atoms with Gasteiger partial charge in [0.15, 0.2) is 5.13 Å². The Morgan fingerprint density at radius 2 is 1.88 bits per heavy atom. The van der Waals surface area contributed by atoms with Crippen molar-refractivity contribution in [3.63, 3.8) is 0 Å². The fourth-order valence-corrected chi connectivity index (χ4v) is 4.50. The van der Waals surface area contributed by atoms with Gasteiger partial charge in [0.1, 0.15) is 5.82 Å². The van der Waals surface area contributed by atoms with Crippen molar-refractivity contribution in [2.24, 2.45) is 0 Å². The lowest BCUT2D eigenvalue weighted by Crippen LogP contribution is -2.17. The molecule has 0 bridgehead atoms. The Balaban J connectivity index is 1.76. The number of nitrogens with zero attached hydrogens (tertiary/aromatic N) is 1. The van der Waals surface area contributed by atoms with Gasteiger partial charge in [0.2, 0.25) is 0 Å². The second kappa shape index (κ2) is 9.88. The fourth-order valence-electron chi connectivity index (χ4n) is 2.71. The van der Waals surface area contributed by atoms with E-state index < -0.39 is 27.7 Å². The molecule has 168 valence electrons. The molecule has 11 heteroatoms. The van der Waals surface area contributed by atoms with E-state index in [9.17, 15) is 22.4 Å². The van der Waals surface area contributed by atoms with Crippen LogP contribution in [0.1, 0.15) is 28.5 Å². The number of anilines is 2. The van der Waals surface area contributed by atoms with Crippen molar-refractivity contribution in [3.05, 3.63) is 70.5 Å². The number of benzene rings is 2. The van der Waals surface area contributed by atoms with Crippen molar-refractivity contribution < 1.29 is 27.1 Å². The molecule has 1 amide bonds. The van der Waals surface area contributed by atoms with Crippen molar-refractivity contribution in [3.8, 4) is 0 Å². The molecule has 0 aliphatic heterocycles. The van der Waals surface area contributed by atoms with E-state index in [-0.39, 0.29) is 34.3 Å². The Bertz CT molecular complexity index is 1240. The highest BCUT2D eigenvalue weighted by Gasteiger charge is 2.19. The molecule has 0 saturated carbocycles. The van der Waals surface area contributed by atoms with Crippen LogP contribution in [0.5, 0.6) is 0 Å². The molecule has 0 spiro atoms. The van der Waals surface area contributed by atoms with Crippen LogP contribution in [0.4, 0.5) is 15.2 Å². The zero-order valence-corrected chi connectivity index (χ0v) is 18.8. The molecule has 0 aliphatic rings. The Labute approximate surface area is 188 Å². The summed E-state index contributed by atoms with van der Waals surface area (Å²) in [4.78, 5) is 28.4. The highest BCUT2D eigenvalue weighted by atomic mass is 32.2. The number of ether oxygens (including phenoxy) is 1. The summed E-state index contributed by atoms with van der Waals surface area (Å²) in [7, 11) is -4.00. The molecule has 32 heavy (non-hydrogen) atoms. The van der Waals surface area contributed by atoms with Crippen molar-refractivity contribution >= 4 is 44.1 Å². The van der Waals surface area contributed by atoms with E-state index in [1.165, 1.54) is 30.3 Å². The van der Waals surface area contributed by atoms with Gasteiger partial charge >= 0.3 is 5.97 Å². The third kappa shape index (κ3) is 5.89.